The molecule has 0 aromatic heterocycles. The number of nitrogens with one attached hydrogen (secondary N) is 1. The third-order valence-electron chi connectivity index (χ3n) is 4.62. The molecule has 0 aliphatic carbocycles. The van der Waals surface area contributed by atoms with Gasteiger partial charge in [-0.05, 0) is 24.1 Å². The number of unbranched alkanes of at least 4 members (excludes halogenated alkanes) is 6. The number of hydrogen-bond donors (Lipinski definition) is 1. The maximum absolute atomic E-state index is 3.60. The first-order chi connectivity index (χ1) is 9.77. The first-order valence-electron chi connectivity index (χ1n) is 8.24. The zero-order chi connectivity index (χ0) is 14.3. The maximum atomic E-state index is 3.60. The molecule has 1 fully saturated rings. The summed E-state index contributed by atoms with van der Waals surface area (Å²) in [4.78, 5) is 0. The average molecular weight is 338 g/mol. The van der Waals surface area contributed by atoms with Crippen molar-refractivity contribution < 1.29 is 0 Å². The van der Waals surface area contributed by atoms with Crippen molar-refractivity contribution in [1.29, 1.82) is 0 Å². The van der Waals surface area contributed by atoms with Gasteiger partial charge in [0.05, 0.1) is 0 Å². The van der Waals surface area contributed by atoms with E-state index in [1.807, 2.05) is 0 Å². The molecular weight excluding hydrogens is 310 g/mol. The Morgan fingerprint density at radius 3 is 2.35 bits per heavy atom. The second-order valence-corrected chi connectivity index (χ2v) is 7.18. The van der Waals surface area contributed by atoms with Crippen molar-refractivity contribution in [2.24, 2.45) is 0 Å². The summed E-state index contributed by atoms with van der Waals surface area (Å²) >= 11 is 3.60. The molecular formula is C18H28BrN. The lowest BCUT2D eigenvalue weighted by atomic mass is 9.71. The SMILES string of the molecule is CCCCCCCCCC1(c2cccc(Br)c2)CNC1. The Labute approximate surface area is 132 Å². The fourth-order valence-corrected chi connectivity index (χ4v) is 3.59. The van der Waals surface area contributed by atoms with Crippen LogP contribution in [0.1, 0.15) is 63.9 Å². The number of benzene rings is 1. The smallest absolute Gasteiger partial charge is 0.0203 e. The molecule has 1 aliphatic rings. The summed E-state index contributed by atoms with van der Waals surface area (Å²) in [5.41, 5.74) is 1.92. The van der Waals surface area contributed by atoms with E-state index in [4.69, 9.17) is 0 Å². The second-order valence-electron chi connectivity index (χ2n) is 6.27. The Hall–Kier alpha value is -0.340. The van der Waals surface area contributed by atoms with Crippen molar-refractivity contribution in [1.82, 2.24) is 5.32 Å². The van der Waals surface area contributed by atoms with Crippen LogP contribution < -0.4 is 5.32 Å². The number of halogens is 1. The molecule has 2 heteroatoms. The standard InChI is InChI=1S/C18H28BrN/c1-2-3-4-5-6-7-8-12-18(14-20-15-18)16-10-9-11-17(19)13-16/h9-11,13,20H,2-8,12,14-15H2,1H3. The molecule has 2 rings (SSSR count). The normalized spacial score (nSPS) is 16.9. The van der Waals surface area contributed by atoms with Crippen LogP contribution in [0.5, 0.6) is 0 Å². The minimum absolute atomic E-state index is 0.410. The van der Waals surface area contributed by atoms with Crippen LogP contribution in [0.3, 0.4) is 0 Å². The van der Waals surface area contributed by atoms with Gasteiger partial charge in [-0.15, -0.1) is 0 Å². The lowest BCUT2D eigenvalue weighted by Crippen LogP contribution is -2.56. The van der Waals surface area contributed by atoms with E-state index >= 15 is 0 Å². The van der Waals surface area contributed by atoms with Gasteiger partial charge in [0.2, 0.25) is 0 Å². The fraction of sp³-hybridized carbons (Fsp3) is 0.667. The van der Waals surface area contributed by atoms with Gasteiger partial charge in [-0.25, -0.2) is 0 Å². The number of rotatable bonds is 9. The molecule has 0 radical (unpaired) electrons. The van der Waals surface area contributed by atoms with Crippen LogP contribution in [-0.2, 0) is 5.41 Å². The molecule has 1 saturated heterocycles. The summed E-state index contributed by atoms with van der Waals surface area (Å²) < 4.78 is 1.21. The van der Waals surface area contributed by atoms with Gasteiger partial charge in [0.25, 0.3) is 0 Å². The van der Waals surface area contributed by atoms with E-state index in [-0.39, 0.29) is 0 Å². The van der Waals surface area contributed by atoms with Crippen molar-refractivity contribution in [2.45, 2.75) is 63.7 Å². The van der Waals surface area contributed by atoms with E-state index in [9.17, 15) is 0 Å². The summed E-state index contributed by atoms with van der Waals surface area (Å²) in [5, 5.41) is 3.47. The monoisotopic (exact) mass is 337 g/mol. The highest BCUT2D eigenvalue weighted by Gasteiger charge is 2.37. The van der Waals surface area contributed by atoms with Crippen LogP contribution in [0.4, 0.5) is 0 Å². The van der Waals surface area contributed by atoms with E-state index < -0.39 is 0 Å². The topological polar surface area (TPSA) is 12.0 Å². The Morgan fingerprint density at radius 1 is 1.05 bits per heavy atom. The van der Waals surface area contributed by atoms with E-state index in [1.165, 1.54) is 61.4 Å². The third kappa shape index (κ3) is 4.33. The predicted molar refractivity (Wildman–Crippen MR) is 91.3 cm³/mol. The largest absolute Gasteiger partial charge is 0.315 e. The van der Waals surface area contributed by atoms with Crippen molar-refractivity contribution in [3.05, 3.63) is 34.3 Å². The molecule has 1 aromatic carbocycles. The Kier molecular flexibility index (Phi) is 6.57. The van der Waals surface area contributed by atoms with Gasteiger partial charge >= 0.3 is 0 Å². The molecule has 20 heavy (non-hydrogen) atoms. The van der Waals surface area contributed by atoms with Crippen molar-refractivity contribution >= 4 is 15.9 Å². The minimum atomic E-state index is 0.410. The van der Waals surface area contributed by atoms with Gasteiger partial charge in [-0.1, -0.05) is 79.9 Å². The van der Waals surface area contributed by atoms with Gasteiger partial charge in [-0.3, -0.25) is 0 Å². The van der Waals surface area contributed by atoms with Crippen LogP contribution in [-0.4, -0.2) is 13.1 Å². The predicted octanol–water partition coefficient (Wildman–Crippen LogP) is 5.43. The zero-order valence-electron chi connectivity index (χ0n) is 12.8. The van der Waals surface area contributed by atoms with Crippen LogP contribution in [0.2, 0.25) is 0 Å². The highest BCUT2D eigenvalue weighted by molar-refractivity contribution is 9.10. The highest BCUT2D eigenvalue weighted by Crippen LogP contribution is 2.35. The van der Waals surface area contributed by atoms with E-state index in [0.29, 0.717) is 5.41 Å². The van der Waals surface area contributed by atoms with Crippen molar-refractivity contribution in [2.75, 3.05) is 13.1 Å². The lowest BCUT2D eigenvalue weighted by molar-refractivity contribution is 0.249. The Bertz CT molecular complexity index is 398. The van der Waals surface area contributed by atoms with Crippen LogP contribution in [0.25, 0.3) is 0 Å². The second kappa shape index (κ2) is 8.19. The summed E-state index contributed by atoms with van der Waals surface area (Å²) in [6.45, 7) is 4.59. The first kappa shape index (κ1) is 16.0. The molecule has 0 bridgehead atoms. The molecule has 0 amide bonds. The molecule has 0 unspecified atom stereocenters. The first-order valence-corrected chi connectivity index (χ1v) is 9.03. The molecule has 0 atom stereocenters. The van der Waals surface area contributed by atoms with Gasteiger partial charge < -0.3 is 5.32 Å². The molecule has 0 spiro atoms. The van der Waals surface area contributed by atoms with Crippen LogP contribution >= 0.6 is 15.9 Å². The molecule has 1 aliphatic heterocycles. The molecule has 112 valence electrons. The summed E-state index contributed by atoms with van der Waals surface area (Å²) in [6, 6.07) is 8.90. The average Bonchev–Trinajstić information content (AvgIpc) is 2.40. The Balaban J connectivity index is 1.75. The maximum Gasteiger partial charge on any atom is 0.0203 e. The summed E-state index contributed by atoms with van der Waals surface area (Å²) in [5.74, 6) is 0. The highest BCUT2D eigenvalue weighted by atomic mass is 79.9. The number of hydrogen-bond acceptors (Lipinski definition) is 1. The summed E-state index contributed by atoms with van der Waals surface area (Å²) in [6.07, 6.45) is 11.1. The summed E-state index contributed by atoms with van der Waals surface area (Å²) in [7, 11) is 0. The quantitative estimate of drug-likeness (QED) is 0.592. The third-order valence-corrected chi connectivity index (χ3v) is 5.12. The molecule has 1 aromatic rings. The van der Waals surface area contributed by atoms with Crippen LogP contribution in [0.15, 0.2) is 28.7 Å². The van der Waals surface area contributed by atoms with Crippen molar-refractivity contribution in [3.63, 3.8) is 0 Å². The Morgan fingerprint density at radius 2 is 1.75 bits per heavy atom. The minimum Gasteiger partial charge on any atom is -0.315 e. The van der Waals surface area contributed by atoms with Gasteiger partial charge in [0.15, 0.2) is 0 Å². The van der Waals surface area contributed by atoms with Gasteiger partial charge in [0.1, 0.15) is 0 Å². The van der Waals surface area contributed by atoms with Gasteiger partial charge in [-0.2, -0.15) is 0 Å². The van der Waals surface area contributed by atoms with Gasteiger partial charge in [0, 0.05) is 23.0 Å². The van der Waals surface area contributed by atoms with E-state index in [0.717, 1.165) is 13.1 Å². The molecule has 0 saturated carbocycles. The fourth-order valence-electron chi connectivity index (χ4n) is 3.19. The van der Waals surface area contributed by atoms with Crippen molar-refractivity contribution in [3.8, 4) is 0 Å². The molecule has 1 N–H and O–H groups in total. The van der Waals surface area contributed by atoms with Crippen LogP contribution in [0, 0.1) is 0 Å². The van der Waals surface area contributed by atoms with E-state index in [1.54, 1.807) is 0 Å². The zero-order valence-corrected chi connectivity index (χ0v) is 14.3. The lowest BCUT2D eigenvalue weighted by Gasteiger charge is -2.43. The molecule has 1 nitrogen and oxygen atoms in total. The molecule has 1 heterocycles. The van der Waals surface area contributed by atoms with E-state index in [2.05, 4.69) is 52.4 Å².